The standard InChI is InChI=1S/C32H37F3N4O4/c1-21-17-39(22(2)20-40)30(41)16-24-15-27(37-31(42)36-26-11-9-25(10-12-26)32(33,34)35)13-14-28(24)43-29(21)19-38(3)18-23-7-5-4-6-8-23/h4-15,21-22,29,40H,16-20H2,1-3H3,(H2,36,37,42)/t21-,22+,29-/m1/s1. The van der Waals surface area contributed by atoms with Crippen LogP contribution in [0.5, 0.6) is 5.75 Å². The number of carbonyl (C=O) groups is 2. The van der Waals surface area contributed by atoms with Gasteiger partial charge in [0, 0.05) is 42.5 Å². The number of hydrogen-bond donors (Lipinski definition) is 3. The fourth-order valence-corrected chi connectivity index (χ4v) is 5.03. The number of hydrogen-bond acceptors (Lipinski definition) is 5. The first-order chi connectivity index (χ1) is 20.4. The molecule has 0 unspecified atom stereocenters. The number of rotatable bonds is 8. The van der Waals surface area contributed by atoms with E-state index >= 15 is 0 Å². The molecule has 3 aromatic carbocycles. The maximum atomic E-state index is 13.4. The Balaban J connectivity index is 1.53. The molecule has 0 saturated carbocycles. The average Bonchev–Trinajstić information content (AvgIpc) is 3.00. The first-order valence-corrected chi connectivity index (χ1v) is 14.1. The number of urea groups is 1. The van der Waals surface area contributed by atoms with Crippen molar-refractivity contribution in [1.82, 2.24) is 9.80 Å². The first-order valence-electron chi connectivity index (χ1n) is 14.1. The van der Waals surface area contributed by atoms with Gasteiger partial charge in [0.05, 0.1) is 24.6 Å². The summed E-state index contributed by atoms with van der Waals surface area (Å²) >= 11 is 0. The molecule has 3 aromatic rings. The maximum absolute atomic E-state index is 13.4. The van der Waals surface area contributed by atoms with Crippen molar-refractivity contribution in [2.75, 3.05) is 37.4 Å². The summed E-state index contributed by atoms with van der Waals surface area (Å²) in [5.74, 6) is 0.280. The van der Waals surface area contributed by atoms with Crippen molar-refractivity contribution in [2.45, 2.75) is 45.1 Å². The lowest BCUT2D eigenvalue weighted by Crippen LogP contribution is -2.47. The molecule has 3 atom stereocenters. The van der Waals surface area contributed by atoms with Crippen LogP contribution < -0.4 is 15.4 Å². The number of halogens is 3. The van der Waals surface area contributed by atoms with E-state index < -0.39 is 23.8 Å². The van der Waals surface area contributed by atoms with Crippen molar-refractivity contribution in [2.24, 2.45) is 5.92 Å². The molecule has 0 fully saturated rings. The van der Waals surface area contributed by atoms with E-state index in [9.17, 15) is 27.9 Å². The van der Waals surface area contributed by atoms with Gasteiger partial charge < -0.3 is 25.4 Å². The SMILES string of the molecule is C[C@@H]1CN([C@@H](C)CO)C(=O)Cc2cc(NC(=O)Nc3ccc(C(F)(F)F)cc3)ccc2O[C@@H]1CN(C)Cc1ccccc1. The fraction of sp³-hybridized carbons (Fsp3) is 0.375. The van der Waals surface area contributed by atoms with E-state index in [0.29, 0.717) is 36.6 Å². The van der Waals surface area contributed by atoms with E-state index in [1.54, 1.807) is 30.0 Å². The normalized spacial score (nSPS) is 18.1. The van der Waals surface area contributed by atoms with E-state index in [4.69, 9.17) is 4.74 Å². The fourth-order valence-electron chi connectivity index (χ4n) is 5.03. The zero-order valence-electron chi connectivity index (χ0n) is 24.4. The molecule has 1 aliphatic rings. The summed E-state index contributed by atoms with van der Waals surface area (Å²) in [6.07, 6.45) is -4.76. The number of likely N-dealkylation sites (N-methyl/N-ethyl adjacent to an activating group) is 1. The summed E-state index contributed by atoms with van der Waals surface area (Å²) in [6.45, 7) is 5.34. The highest BCUT2D eigenvalue weighted by atomic mass is 19.4. The molecular formula is C32H37F3N4O4. The Bertz CT molecular complexity index is 1390. The smallest absolute Gasteiger partial charge is 0.416 e. The number of aliphatic hydroxyl groups is 1. The van der Waals surface area contributed by atoms with Gasteiger partial charge in [-0.2, -0.15) is 13.2 Å². The summed E-state index contributed by atoms with van der Waals surface area (Å²) in [4.78, 5) is 29.9. The number of ether oxygens (including phenoxy) is 1. The Morgan fingerprint density at radius 3 is 2.37 bits per heavy atom. The van der Waals surface area contributed by atoms with E-state index in [2.05, 4.69) is 27.7 Å². The quantitative estimate of drug-likeness (QED) is 0.313. The number of alkyl halides is 3. The molecule has 8 nitrogen and oxygen atoms in total. The first kappa shape index (κ1) is 31.8. The molecule has 4 rings (SSSR count). The number of benzene rings is 3. The van der Waals surface area contributed by atoms with Gasteiger partial charge in [-0.15, -0.1) is 0 Å². The van der Waals surface area contributed by atoms with E-state index in [1.165, 1.54) is 12.1 Å². The number of aliphatic hydroxyl groups excluding tert-OH is 1. The van der Waals surface area contributed by atoms with Gasteiger partial charge in [-0.1, -0.05) is 37.3 Å². The minimum atomic E-state index is -4.47. The Morgan fingerprint density at radius 2 is 1.72 bits per heavy atom. The number of anilines is 2. The molecule has 0 saturated heterocycles. The molecule has 0 aromatic heterocycles. The van der Waals surface area contributed by atoms with Gasteiger partial charge in [0.15, 0.2) is 0 Å². The van der Waals surface area contributed by atoms with E-state index in [0.717, 1.165) is 17.7 Å². The summed E-state index contributed by atoms with van der Waals surface area (Å²) in [6, 6.07) is 18.2. The van der Waals surface area contributed by atoms with Crippen LogP contribution in [0.2, 0.25) is 0 Å². The molecule has 0 bridgehead atoms. The summed E-state index contributed by atoms with van der Waals surface area (Å²) in [5.41, 5.74) is 1.49. The minimum Gasteiger partial charge on any atom is -0.488 e. The molecule has 11 heteroatoms. The third-order valence-electron chi connectivity index (χ3n) is 7.43. The van der Waals surface area contributed by atoms with Crippen LogP contribution in [0, 0.1) is 5.92 Å². The number of fused-ring (bicyclic) bond motifs is 1. The molecule has 1 heterocycles. The number of amides is 3. The molecule has 3 N–H and O–H groups in total. The summed E-state index contributed by atoms with van der Waals surface area (Å²) in [7, 11) is 2.01. The van der Waals surface area contributed by atoms with Crippen LogP contribution in [0.25, 0.3) is 0 Å². The second-order valence-corrected chi connectivity index (χ2v) is 11.0. The van der Waals surface area contributed by atoms with Gasteiger partial charge in [-0.25, -0.2) is 4.79 Å². The second-order valence-electron chi connectivity index (χ2n) is 11.0. The van der Waals surface area contributed by atoms with E-state index in [1.807, 2.05) is 32.2 Å². The Labute approximate surface area is 249 Å². The predicted octanol–water partition coefficient (Wildman–Crippen LogP) is 5.63. The van der Waals surface area contributed by atoms with Gasteiger partial charge in [-0.05, 0) is 62.0 Å². The van der Waals surface area contributed by atoms with Crippen LogP contribution in [-0.4, -0.2) is 65.7 Å². The molecule has 43 heavy (non-hydrogen) atoms. The highest BCUT2D eigenvalue weighted by Gasteiger charge is 2.32. The summed E-state index contributed by atoms with van der Waals surface area (Å²) in [5, 5.41) is 15.1. The minimum absolute atomic E-state index is 0.00495. The van der Waals surface area contributed by atoms with Gasteiger partial charge in [0.25, 0.3) is 0 Å². The van der Waals surface area contributed by atoms with Crippen LogP contribution in [-0.2, 0) is 23.9 Å². The Hall–Kier alpha value is -4.09. The summed E-state index contributed by atoms with van der Waals surface area (Å²) < 4.78 is 45.1. The zero-order chi connectivity index (χ0) is 31.1. The number of nitrogens with zero attached hydrogens (tertiary/aromatic N) is 2. The molecular weight excluding hydrogens is 561 g/mol. The highest BCUT2D eigenvalue weighted by Crippen LogP contribution is 2.31. The van der Waals surface area contributed by atoms with Crippen molar-refractivity contribution >= 4 is 23.3 Å². The highest BCUT2D eigenvalue weighted by molar-refractivity contribution is 6.00. The van der Waals surface area contributed by atoms with Crippen molar-refractivity contribution in [3.05, 3.63) is 89.5 Å². The van der Waals surface area contributed by atoms with Crippen molar-refractivity contribution in [3.8, 4) is 5.75 Å². The maximum Gasteiger partial charge on any atom is 0.416 e. The molecule has 3 amide bonds. The lowest BCUT2D eigenvalue weighted by molar-refractivity contribution is -0.137. The Morgan fingerprint density at radius 1 is 1.07 bits per heavy atom. The van der Waals surface area contributed by atoms with Crippen molar-refractivity contribution < 1.29 is 32.6 Å². The van der Waals surface area contributed by atoms with Crippen LogP contribution in [0.1, 0.15) is 30.5 Å². The average molecular weight is 599 g/mol. The van der Waals surface area contributed by atoms with Gasteiger partial charge in [0.2, 0.25) is 5.91 Å². The molecule has 230 valence electrons. The molecule has 0 spiro atoms. The van der Waals surface area contributed by atoms with Gasteiger partial charge >= 0.3 is 12.2 Å². The third kappa shape index (κ3) is 8.71. The van der Waals surface area contributed by atoms with Crippen LogP contribution in [0.3, 0.4) is 0 Å². The number of carbonyl (C=O) groups excluding carboxylic acids is 2. The predicted molar refractivity (Wildman–Crippen MR) is 159 cm³/mol. The van der Waals surface area contributed by atoms with Crippen molar-refractivity contribution in [1.29, 1.82) is 0 Å². The number of nitrogens with one attached hydrogen (secondary N) is 2. The third-order valence-corrected chi connectivity index (χ3v) is 7.43. The largest absolute Gasteiger partial charge is 0.488 e. The van der Waals surface area contributed by atoms with Crippen LogP contribution in [0.15, 0.2) is 72.8 Å². The van der Waals surface area contributed by atoms with E-state index in [-0.39, 0.29) is 36.6 Å². The van der Waals surface area contributed by atoms with Crippen molar-refractivity contribution in [3.63, 3.8) is 0 Å². The molecule has 0 aliphatic carbocycles. The van der Waals surface area contributed by atoms with Gasteiger partial charge in [-0.3, -0.25) is 9.69 Å². The van der Waals surface area contributed by atoms with Crippen LogP contribution >= 0.6 is 0 Å². The molecule has 1 aliphatic heterocycles. The lowest BCUT2D eigenvalue weighted by atomic mass is 10.0. The van der Waals surface area contributed by atoms with Crippen LogP contribution in [0.4, 0.5) is 29.3 Å². The lowest BCUT2D eigenvalue weighted by Gasteiger charge is -2.34. The molecule has 0 radical (unpaired) electrons. The topological polar surface area (TPSA) is 94.1 Å². The Kier molecular flexibility index (Phi) is 10.3. The monoisotopic (exact) mass is 598 g/mol. The van der Waals surface area contributed by atoms with Gasteiger partial charge in [0.1, 0.15) is 11.9 Å². The second kappa shape index (κ2) is 13.9. The zero-order valence-corrected chi connectivity index (χ0v) is 24.4.